The molecule has 256 valence electrons. The standard InChI is InChI=1S/C28H26F3N4O10PS2/c29-28(30,31)19-9-16(1-2-17(19)14-33)27(46(39,40)41)35-48(42,43)25-12-18-11-22(23(44-7-5-32)13-24(18)47-25)45-8-6-34-26(38)15-3-4-20(36)21(37)10-15/h1-4,9-13,27,35-37H,5-8,32H2,(H,34,38)(H2,39,40,41)/p-1. The molecule has 7 N–H and O–H groups in total. The smallest absolute Gasteiger partial charge is 0.417 e. The Morgan fingerprint density at radius 2 is 1.73 bits per heavy atom. The molecule has 3 aromatic carbocycles. The van der Waals surface area contributed by atoms with E-state index < -0.39 is 67.9 Å². The number of alkyl halides is 3. The molecule has 1 heterocycles. The van der Waals surface area contributed by atoms with Crippen LogP contribution in [0.25, 0.3) is 10.1 Å². The van der Waals surface area contributed by atoms with Gasteiger partial charge in [0.25, 0.3) is 15.9 Å². The van der Waals surface area contributed by atoms with E-state index in [1.807, 2.05) is 0 Å². The summed E-state index contributed by atoms with van der Waals surface area (Å²) < 4.78 is 92.1. The molecular formula is C28H25F3N4O10PS2-. The number of carbonyl (C=O) groups excluding carboxylic acids is 1. The number of hydrogen-bond acceptors (Lipinski definition) is 12. The first kappa shape index (κ1) is 36.4. The third-order valence-corrected chi connectivity index (χ3v) is 10.7. The van der Waals surface area contributed by atoms with E-state index in [1.165, 1.54) is 24.3 Å². The minimum absolute atomic E-state index is 0.0301. The van der Waals surface area contributed by atoms with Crippen LogP contribution in [-0.4, -0.2) is 50.8 Å². The summed E-state index contributed by atoms with van der Waals surface area (Å²) in [6.45, 7) is 0.346. The summed E-state index contributed by atoms with van der Waals surface area (Å²) in [5.74, 6) is -3.81. The highest BCUT2D eigenvalue weighted by Crippen LogP contribution is 2.46. The van der Waals surface area contributed by atoms with Crippen molar-refractivity contribution in [2.24, 2.45) is 0 Å². The van der Waals surface area contributed by atoms with Crippen LogP contribution in [0.5, 0.6) is 23.0 Å². The number of sulfonamides is 1. The summed E-state index contributed by atoms with van der Waals surface area (Å²) >= 11 is 0.640. The molecule has 1 unspecified atom stereocenters. The molecule has 0 fully saturated rings. The number of aromatic hydroxyl groups is 2. The molecule has 0 saturated carbocycles. The van der Waals surface area contributed by atoms with Gasteiger partial charge in [-0.2, -0.15) is 23.2 Å². The number of ether oxygens (including phenoxy) is 2. The second-order valence-electron chi connectivity index (χ2n) is 9.89. The Bertz CT molecular complexity index is 2050. The number of nitrogens with zero attached hydrogens (tertiary/aromatic N) is 1. The number of phenolic OH excluding ortho intramolecular Hbond substituents is 2. The molecule has 0 radical (unpaired) electrons. The van der Waals surface area contributed by atoms with Gasteiger partial charge in [-0.15, -0.1) is 11.3 Å². The van der Waals surface area contributed by atoms with Crippen LogP contribution in [0.1, 0.15) is 32.8 Å². The highest BCUT2D eigenvalue weighted by Gasteiger charge is 2.35. The second-order valence-corrected chi connectivity index (χ2v) is 14.5. The van der Waals surface area contributed by atoms with Crippen LogP contribution in [0.2, 0.25) is 0 Å². The van der Waals surface area contributed by atoms with E-state index in [-0.39, 0.29) is 48.3 Å². The summed E-state index contributed by atoms with van der Waals surface area (Å²) in [5.41, 5.74) is 0.496. The lowest BCUT2D eigenvalue weighted by Crippen LogP contribution is -2.52. The second kappa shape index (κ2) is 14.4. The van der Waals surface area contributed by atoms with Gasteiger partial charge in [0.1, 0.15) is 24.0 Å². The lowest BCUT2D eigenvalue weighted by molar-refractivity contribution is -0.370. The van der Waals surface area contributed by atoms with Gasteiger partial charge in [-0.05, 0) is 61.0 Å². The average Bonchev–Trinajstić information content (AvgIpc) is 3.44. The zero-order chi connectivity index (χ0) is 35.4. The number of thiophene rings is 1. The minimum Gasteiger partial charge on any atom is -0.809 e. The number of fused-ring (bicyclic) bond motifs is 1. The number of nitrogens with one attached hydrogen (secondary N) is 2. The maximum atomic E-state index is 13.5. The number of quaternary nitrogens is 1. The molecule has 4 rings (SSSR count). The summed E-state index contributed by atoms with van der Waals surface area (Å²) in [4.78, 5) is 36.6. The van der Waals surface area contributed by atoms with E-state index in [4.69, 9.17) is 14.7 Å². The van der Waals surface area contributed by atoms with Crippen LogP contribution >= 0.6 is 18.9 Å². The summed E-state index contributed by atoms with van der Waals surface area (Å²) in [6.07, 6.45) is -5.11. The first-order chi connectivity index (χ1) is 22.4. The van der Waals surface area contributed by atoms with Crippen molar-refractivity contribution in [3.05, 3.63) is 76.9 Å². The topological polar surface area (TPSA) is 249 Å². The van der Waals surface area contributed by atoms with E-state index in [9.17, 15) is 50.9 Å². The highest BCUT2D eigenvalue weighted by molar-refractivity contribution is 7.92. The lowest BCUT2D eigenvalue weighted by atomic mass is 10.0. The van der Waals surface area contributed by atoms with E-state index in [0.29, 0.717) is 28.6 Å². The molecule has 14 nitrogen and oxygen atoms in total. The van der Waals surface area contributed by atoms with Gasteiger partial charge in [0.2, 0.25) is 0 Å². The largest absolute Gasteiger partial charge is 0.809 e. The fourth-order valence-electron chi connectivity index (χ4n) is 4.24. The van der Waals surface area contributed by atoms with E-state index >= 15 is 0 Å². The highest BCUT2D eigenvalue weighted by atomic mass is 32.2. The van der Waals surface area contributed by atoms with Crippen molar-refractivity contribution in [2.75, 3.05) is 26.3 Å². The molecule has 0 aliphatic rings. The molecule has 0 saturated heterocycles. The number of phenols is 2. The van der Waals surface area contributed by atoms with Gasteiger partial charge >= 0.3 is 6.18 Å². The van der Waals surface area contributed by atoms with Gasteiger partial charge in [-0.1, -0.05) is 6.07 Å². The molecule has 48 heavy (non-hydrogen) atoms. The molecule has 0 aliphatic heterocycles. The molecule has 1 amide bonds. The van der Waals surface area contributed by atoms with Crippen molar-refractivity contribution in [1.29, 1.82) is 5.26 Å². The predicted octanol–water partition coefficient (Wildman–Crippen LogP) is 1.52. The average molecular weight is 730 g/mol. The van der Waals surface area contributed by atoms with Crippen molar-refractivity contribution in [3.8, 4) is 29.1 Å². The number of benzene rings is 3. The quantitative estimate of drug-likeness (QED) is 0.0750. The molecule has 1 aromatic heterocycles. The van der Waals surface area contributed by atoms with Crippen molar-refractivity contribution < 1.29 is 66.2 Å². The molecule has 0 aliphatic carbocycles. The van der Waals surface area contributed by atoms with Crippen molar-refractivity contribution in [1.82, 2.24) is 10.0 Å². The Kier molecular flexibility index (Phi) is 10.9. The predicted molar refractivity (Wildman–Crippen MR) is 160 cm³/mol. The molecule has 0 bridgehead atoms. The first-order valence-electron chi connectivity index (χ1n) is 13.5. The Hall–Kier alpha value is -4.41. The van der Waals surface area contributed by atoms with Gasteiger partial charge in [0.15, 0.2) is 23.0 Å². The normalized spacial score (nSPS) is 12.8. The van der Waals surface area contributed by atoms with E-state index in [0.717, 1.165) is 24.3 Å². The van der Waals surface area contributed by atoms with Crippen LogP contribution in [0.4, 0.5) is 13.2 Å². The van der Waals surface area contributed by atoms with Crippen LogP contribution in [0.15, 0.2) is 58.8 Å². The number of hydrogen-bond donors (Lipinski definition) is 5. The SMILES string of the molecule is N#Cc1ccc(C(NS(=O)(=O)c2cc3cc(OCCNC(=O)c4ccc(O)c(O)c4)c(OCC[NH3+])cc3s2)P(=O)([O-])[O-])cc1C(F)(F)F. The molecule has 0 spiro atoms. The third-order valence-electron chi connectivity index (χ3n) is 6.48. The minimum atomic E-state index is -5.96. The fourth-order valence-corrected chi connectivity index (χ4v) is 8.18. The number of nitriles is 1. The van der Waals surface area contributed by atoms with Crippen LogP contribution in [0.3, 0.4) is 0 Å². The molecule has 4 aromatic rings. The van der Waals surface area contributed by atoms with Gasteiger partial charge in [-0.3, -0.25) is 4.79 Å². The van der Waals surface area contributed by atoms with Crippen molar-refractivity contribution in [2.45, 2.75) is 16.2 Å². The van der Waals surface area contributed by atoms with E-state index in [1.54, 1.807) is 4.72 Å². The summed E-state index contributed by atoms with van der Waals surface area (Å²) in [7, 11) is -10.8. The van der Waals surface area contributed by atoms with Crippen molar-refractivity contribution >= 4 is 44.9 Å². The number of carbonyl (C=O) groups is 1. The summed E-state index contributed by atoms with van der Waals surface area (Å²) in [6, 6.07) is 10.4. The van der Waals surface area contributed by atoms with Gasteiger partial charge in [-0.25, -0.2) is 8.42 Å². The Morgan fingerprint density at radius 1 is 1.04 bits per heavy atom. The zero-order valence-electron chi connectivity index (χ0n) is 24.3. The van der Waals surface area contributed by atoms with E-state index in [2.05, 4.69) is 11.1 Å². The Morgan fingerprint density at radius 3 is 2.35 bits per heavy atom. The Balaban J connectivity index is 1.58. The summed E-state index contributed by atoms with van der Waals surface area (Å²) in [5, 5.41) is 30.8. The van der Waals surface area contributed by atoms with Crippen LogP contribution < -0.4 is 35.0 Å². The van der Waals surface area contributed by atoms with Crippen molar-refractivity contribution in [3.63, 3.8) is 0 Å². The van der Waals surface area contributed by atoms with Gasteiger partial charge < -0.3 is 45.1 Å². The lowest BCUT2D eigenvalue weighted by Gasteiger charge is -2.38. The number of amides is 1. The third kappa shape index (κ3) is 8.54. The number of rotatable bonds is 13. The zero-order valence-corrected chi connectivity index (χ0v) is 26.8. The first-order valence-corrected chi connectivity index (χ1v) is 17.4. The molecular weight excluding hydrogens is 704 g/mol. The molecule has 1 atom stereocenters. The monoisotopic (exact) mass is 729 g/mol. The Labute approximate surface area is 274 Å². The van der Waals surface area contributed by atoms with Crippen LogP contribution in [0, 0.1) is 11.3 Å². The number of halogens is 3. The maximum absolute atomic E-state index is 13.5. The fraction of sp³-hybridized carbons (Fsp3) is 0.214. The molecule has 20 heteroatoms. The van der Waals surface area contributed by atoms with Gasteiger partial charge in [0, 0.05) is 16.3 Å². The van der Waals surface area contributed by atoms with Gasteiger partial charge in [0.05, 0.1) is 29.5 Å². The maximum Gasteiger partial charge on any atom is 0.417 e. The van der Waals surface area contributed by atoms with Crippen LogP contribution in [-0.2, 0) is 20.8 Å².